The number of hydrogen-bond acceptors (Lipinski definition) is 4. The molecule has 0 aliphatic carbocycles. The van der Waals surface area contributed by atoms with Crippen LogP contribution in [0.15, 0.2) is 218 Å². The number of hydrogen-bond donors (Lipinski definition) is 0. The lowest BCUT2D eigenvalue weighted by atomic mass is 10.1. The quantitative estimate of drug-likeness (QED) is 0.0473. The molecule has 0 aliphatic heterocycles. The molecule has 0 fully saturated rings. The zero-order chi connectivity index (χ0) is 45.3. The van der Waals surface area contributed by atoms with Crippen molar-refractivity contribution in [3.8, 4) is 23.0 Å². The summed E-state index contributed by atoms with van der Waals surface area (Å²) >= 11 is 0. The minimum Gasteiger partial charge on any atom is -0.493 e. The first-order valence-corrected chi connectivity index (χ1v) is 27.3. The summed E-state index contributed by atoms with van der Waals surface area (Å²) in [6, 6.07) is 79.1. The Kier molecular flexibility index (Phi) is 16.4. The van der Waals surface area contributed by atoms with Gasteiger partial charge in [-0.2, -0.15) is 0 Å². The summed E-state index contributed by atoms with van der Waals surface area (Å²) in [5, 5.41) is 8.20. The zero-order valence-corrected chi connectivity index (χ0v) is 40.2. The van der Waals surface area contributed by atoms with Crippen LogP contribution in [0, 0.1) is 0 Å². The second-order valence-corrected chi connectivity index (χ2v) is 23.7. The van der Waals surface area contributed by atoms with Crippen LogP contribution < -0.4 is 50.8 Å². The van der Waals surface area contributed by atoms with Crippen molar-refractivity contribution in [3.63, 3.8) is 0 Å². The highest BCUT2D eigenvalue weighted by molar-refractivity contribution is 7.95. The van der Waals surface area contributed by atoms with E-state index in [0.717, 1.165) is 73.8 Å². The average molecular weight is 909 g/mol. The Balaban J connectivity index is 0.823. The summed E-state index contributed by atoms with van der Waals surface area (Å²) in [6.45, 7) is 1.32. The molecule has 0 radical (unpaired) electrons. The van der Waals surface area contributed by atoms with E-state index in [-0.39, 0.29) is 0 Å². The van der Waals surface area contributed by atoms with E-state index in [2.05, 4.69) is 218 Å². The van der Waals surface area contributed by atoms with Crippen LogP contribution in [0.3, 0.4) is 0 Å². The fourth-order valence-electron chi connectivity index (χ4n) is 9.22. The molecule has 0 heterocycles. The Morgan fingerprint density at radius 1 is 0.288 bits per heavy atom. The predicted molar refractivity (Wildman–Crippen MR) is 282 cm³/mol. The first kappa shape index (κ1) is 46.4. The SMILES string of the molecule is COc1cc(C[P+](c2ccccc2)(c2ccccc2)c2ccccc2)ccc1OCCCCCCCCOc1ccc(C[P+](c2ccccc2)(c2ccccc2)c2ccccc2)cc1OC. The number of ether oxygens (including phenoxy) is 4. The van der Waals surface area contributed by atoms with Crippen LogP contribution in [0.25, 0.3) is 0 Å². The second-order valence-electron chi connectivity index (χ2n) is 16.7. The molecule has 0 atom stereocenters. The summed E-state index contributed by atoms with van der Waals surface area (Å²) < 4.78 is 24.6. The van der Waals surface area contributed by atoms with E-state index in [0.29, 0.717) is 13.2 Å². The lowest BCUT2D eigenvalue weighted by Gasteiger charge is -2.28. The van der Waals surface area contributed by atoms with E-state index in [1.807, 2.05) is 0 Å². The Bertz CT molecular complexity index is 2280. The molecular weight excluding hydrogens is 847 g/mol. The molecule has 4 nitrogen and oxygen atoms in total. The van der Waals surface area contributed by atoms with Gasteiger partial charge < -0.3 is 18.9 Å². The Labute approximate surface area is 394 Å². The van der Waals surface area contributed by atoms with Crippen molar-refractivity contribution in [1.82, 2.24) is 0 Å². The van der Waals surface area contributed by atoms with Gasteiger partial charge in [0.1, 0.15) is 46.4 Å². The first-order valence-electron chi connectivity index (χ1n) is 23.3. The molecule has 8 aromatic carbocycles. The van der Waals surface area contributed by atoms with Crippen LogP contribution in [0.1, 0.15) is 49.7 Å². The molecule has 8 aromatic rings. The third kappa shape index (κ3) is 10.9. The predicted octanol–water partition coefficient (Wildman–Crippen LogP) is 12.5. The number of benzene rings is 8. The molecule has 8 rings (SSSR count). The maximum Gasteiger partial charge on any atom is 0.161 e. The molecule has 0 saturated carbocycles. The van der Waals surface area contributed by atoms with Crippen LogP contribution in [0.5, 0.6) is 23.0 Å². The molecule has 334 valence electrons. The lowest BCUT2D eigenvalue weighted by Crippen LogP contribution is -2.32. The van der Waals surface area contributed by atoms with Crippen molar-refractivity contribution < 1.29 is 18.9 Å². The van der Waals surface area contributed by atoms with Crippen molar-refractivity contribution in [3.05, 3.63) is 230 Å². The van der Waals surface area contributed by atoms with Crippen LogP contribution in [-0.2, 0) is 12.3 Å². The van der Waals surface area contributed by atoms with Gasteiger partial charge in [-0.15, -0.1) is 0 Å². The molecule has 0 unspecified atom stereocenters. The Hall–Kier alpha value is -6.18. The summed E-state index contributed by atoms with van der Waals surface area (Å²) in [4.78, 5) is 0. The van der Waals surface area contributed by atoms with Crippen molar-refractivity contribution in [2.45, 2.75) is 50.8 Å². The highest BCUT2D eigenvalue weighted by Crippen LogP contribution is 2.59. The third-order valence-corrected chi connectivity index (χ3v) is 21.3. The van der Waals surface area contributed by atoms with Crippen molar-refractivity contribution in [1.29, 1.82) is 0 Å². The van der Waals surface area contributed by atoms with Gasteiger partial charge in [0.05, 0.1) is 39.8 Å². The fourth-order valence-corrected chi connectivity index (χ4v) is 17.7. The number of rotatable bonds is 23. The lowest BCUT2D eigenvalue weighted by molar-refractivity contribution is 0.279. The Morgan fingerprint density at radius 3 is 0.803 bits per heavy atom. The van der Waals surface area contributed by atoms with Gasteiger partial charge in [-0.05, 0) is 121 Å². The van der Waals surface area contributed by atoms with E-state index < -0.39 is 14.5 Å². The first-order chi connectivity index (χ1) is 32.6. The highest BCUT2D eigenvalue weighted by atomic mass is 31.2. The third-order valence-electron chi connectivity index (χ3n) is 12.5. The van der Waals surface area contributed by atoms with Gasteiger partial charge >= 0.3 is 0 Å². The molecule has 0 aliphatic rings. The van der Waals surface area contributed by atoms with E-state index in [9.17, 15) is 0 Å². The second kappa shape index (κ2) is 23.3. The average Bonchev–Trinajstić information content (AvgIpc) is 3.39. The molecule has 6 heteroatoms. The van der Waals surface area contributed by atoms with Crippen molar-refractivity contribution >= 4 is 46.4 Å². The summed E-state index contributed by atoms with van der Waals surface area (Å²) in [6.07, 6.45) is 8.33. The minimum absolute atomic E-state index is 0.661. The van der Waals surface area contributed by atoms with E-state index in [1.54, 1.807) is 14.2 Å². The van der Waals surface area contributed by atoms with E-state index in [4.69, 9.17) is 18.9 Å². The van der Waals surface area contributed by atoms with Crippen LogP contribution in [0.4, 0.5) is 0 Å². The summed E-state index contributed by atoms with van der Waals surface area (Å²) in [5.74, 6) is 3.17. The highest BCUT2D eigenvalue weighted by Gasteiger charge is 2.46. The van der Waals surface area contributed by atoms with Gasteiger partial charge in [-0.25, -0.2) is 0 Å². The van der Waals surface area contributed by atoms with Crippen molar-refractivity contribution in [2.24, 2.45) is 0 Å². The van der Waals surface area contributed by atoms with Gasteiger partial charge in [0, 0.05) is 0 Å². The molecule has 0 saturated heterocycles. The monoisotopic (exact) mass is 908 g/mol. The van der Waals surface area contributed by atoms with Crippen LogP contribution in [0.2, 0.25) is 0 Å². The maximum atomic E-state index is 6.34. The van der Waals surface area contributed by atoms with E-state index in [1.165, 1.54) is 43.0 Å². The minimum atomic E-state index is -2.03. The summed E-state index contributed by atoms with van der Waals surface area (Å²) in [7, 11) is -0.576. The fraction of sp³-hybridized carbons (Fsp3) is 0.200. The Morgan fingerprint density at radius 2 is 0.545 bits per heavy atom. The van der Waals surface area contributed by atoms with Gasteiger partial charge in [0.25, 0.3) is 0 Å². The zero-order valence-electron chi connectivity index (χ0n) is 38.4. The largest absolute Gasteiger partial charge is 0.493 e. The molecule has 66 heavy (non-hydrogen) atoms. The smallest absolute Gasteiger partial charge is 0.161 e. The maximum absolute atomic E-state index is 6.34. The van der Waals surface area contributed by atoms with Gasteiger partial charge in [-0.1, -0.05) is 147 Å². The molecule has 0 N–H and O–H groups in total. The van der Waals surface area contributed by atoms with E-state index >= 15 is 0 Å². The number of methoxy groups -OCH3 is 2. The van der Waals surface area contributed by atoms with Gasteiger partial charge in [0.2, 0.25) is 0 Å². The molecule has 0 aromatic heterocycles. The molecular formula is C60H62O4P2+2. The van der Waals surface area contributed by atoms with Crippen molar-refractivity contribution in [2.75, 3.05) is 27.4 Å². The topological polar surface area (TPSA) is 36.9 Å². The molecule has 0 amide bonds. The number of unbranched alkanes of at least 4 members (excludes halogenated alkanes) is 5. The molecule has 0 spiro atoms. The van der Waals surface area contributed by atoms with Gasteiger partial charge in [0.15, 0.2) is 23.0 Å². The summed E-state index contributed by atoms with van der Waals surface area (Å²) in [5.41, 5.74) is 2.47. The standard InChI is InChI=1S/C60H62O4P2/c1-61-59-45-49(47-65(51-27-13-7-14-28-51,52-29-15-8-16-30-52)53-31-17-9-18-32-53)39-41-57(59)63-43-25-5-3-4-6-26-44-64-58-42-40-50(46-60(58)62-2)48-66(54-33-19-10-20-34-54,55-35-21-11-22-36-55)56-37-23-12-24-38-56/h7-24,27-42,45-46H,3-6,25-26,43-44,47-48H2,1-2H3/q+2. The molecule has 0 bridgehead atoms. The normalized spacial score (nSPS) is 11.5. The van der Waals surface area contributed by atoms with Crippen LogP contribution in [-0.4, -0.2) is 27.4 Å². The van der Waals surface area contributed by atoms with Gasteiger partial charge in [-0.3, -0.25) is 0 Å². The van der Waals surface area contributed by atoms with Crippen LogP contribution >= 0.6 is 14.5 Å².